The van der Waals surface area contributed by atoms with Crippen LogP contribution in [0.4, 0.5) is 5.69 Å². The van der Waals surface area contributed by atoms with Gasteiger partial charge in [0.2, 0.25) is 0 Å². The predicted molar refractivity (Wildman–Crippen MR) is 63.8 cm³/mol. The Morgan fingerprint density at radius 2 is 1.87 bits per heavy atom. The highest BCUT2D eigenvalue weighted by Crippen LogP contribution is 2.11. The summed E-state index contributed by atoms with van der Waals surface area (Å²) in [4.78, 5) is 4.38. The molecular weight excluding hydrogens is 184 g/mol. The Morgan fingerprint density at radius 1 is 1.13 bits per heavy atom. The predicted octanol–water partition coefficient (Wildman–Crippen LogP) is 3.08. The zero-order valence-electron chi connectivity index (χ0n) is 9.01. The molecule has 1 aromatic carbocycles. The van der Waals surface area contributed by atoms with Gasteiger partial charge in [0.1, 0.15) is 0 Å². The first-order valence-corrected chi connectivity index (χ1v) is 4.97. The number of aromatic nitrogens is 1. The van der Waals surface area contributed by atoms with Gasteiger partial charge >= 0.3 is 0 Å². The topological polar surface area (TPSA) is 17.3 Å². The minimum Gasteiger partial charge on any atom is -0.355 e. The van der Waals surface area contributed by atoms with Gasteiger partial charge < -0.3 is 4.57 Å². The van der Waals surface area contributed by atoms with Crippen molar-refractivity contribution >= 4 is 11.9 Å². The lowest BCUT2D eigenvalue weighted by molar-refractivity contribution is 0.928. The lowest BCUT2D eigenvalue weighted by atomic mass is 10.2. The molecule has 0 aliphatic carbocycles. The Morgan fingerprint density at radius 3 is 2.47 bits per heavy atom. The lowest BCUT2D eigenvalue weighted by Gasteiger charge is -1.93. The number of hydrogen-bond acceptors (Lipinski definition) is 1. The lowest BCUT2D eigenvalue weighted by Crippen LogP contribution is -1.80. The Bertz CT molecular complexity index is 464. The van der Waals surface area contributed by atoms with Crippen LogP contribution >= 0.6 is 0 Å². The third-order valence-electron chi connectivity index (χ3n) is 2.26. The van der Waals surface area contributed by atoms with E-state index in [0.717, 1.165) is 11.3 Å². The third kappa shape index (κ3) is 2.56. The van der Waals surface area contributed by atoms with Crippen molar-refractivity contribution in [1.82, 2.24) is 4.57 Å². The smallest absolute Gasteiger partial charge is 0.0806 e. The largest absolute Gasteiger partial charge is 0.355 e. The summed E-state index contributed by atoms with van der Waals surface area (Å²) in [5.74, 6) is 0. The second-order valence-corrected chi connectivity index (χ2v) is 3.70. The van der Waals surface area contributed by atoms with Gasteiger partial charge in [-0.05, 0) is 18.6 Å². The number of aliphatic imine (C=N–C) groups is 1. The van der Waals surface area contributed by atoms with E-state index in [-0.39, 0.29) is 0 Å². The molecule has 0 aliphatic rings. The Kier molecular flexibility index (Phi) is 2.68. The highest BCUT2D eigenvalue weighted by molar-refractivity contribution is 5.81. The molecule has 0 saturated carbocycles. The molecule has 1 heterocycles. The first kappa shape index (κ1) is 9.71. The highest BCUT2D eigenvalue weighted by atomic mass is 14.9. The van der Waals surface area contributed by atoms with Crippen molar-refractivity contribution in [2.75, 3.05) is 0 Å². The molecule has 2 aromatic rings. The molecule has 0 fully saturated rings. The van der Waals surface area contributed by atoms with Crippen LogP contribution in [0.25, 0.3) is 0 Å². The summed E-state index contributed by atoms with van der Waals surface area (Å²) < 4.78 is 1.99. The standard InChI is InChI=1S/C13H14N2/c1-11-3-5-12(6-4-11)9-14-13-7-8-15(2)10-13/h3-10H,1-2H3. The summed E-state index contributed by atoms with van der Waals surface area (Å²) in [6.07, 6.45) is 5.86. The summed E-state index contributed by atoms with van der Waals surface area (Å²) in [7, 11) is 1.99. The molecule has 15 heavy (non-hydrogen) atoms. The summed E-state index contributed by atoms with van der Waals surface area (Å²) in [5.41, 5.74) is 3.38. The van der Waals surface area contributed by atoms with Crippen molar-refractivity contribution < 1.29 is 0 Å². The molecule has 0 spiro atoms. The molecule has 1 aromatic heterocycles. The van der Waals surface area contributed by atoms with E-state index in [9.17, 15) is 0 Å². The fraction of sp³-hybridized carbons (Fsp3) is 0.154. The average molecular weight is 198 g/mol. The van der Waals surface area contributed by atoms with E-state index >= 15 is 0 Å². The molecule has 0 radical (unpaired) electrons. The van der Waals surface area contributed by atoms with Gasteiger partial charge in [0, 0.05) is 25.7 Å². The number of hydrogen-bond donors (Lipinski definition) is 0. The van der Waals surface area contributed by atoms with Crippen LogP contribution in [0, 0.1) is 6.92 Å². The molecule has 2 heteroatoms. The van der Waals surface area contributed by atoms with Crippen molar-refractivity contribution in [3.8, 4) is 0 Å². The van der Waals surface area contributed by atoms with Gasteiger partial charge in [-0.1, -0.05) is 29.8 Å². The molecule has 0 N–H and O–H groups in total. The second-order valence-electron chi connectivity index (χ2n) is 3.70. The van der Waals surface area contributed by atoms with Crippen LogP contribution in [0.2, 0.25) is 0 Å². The van der Waals surface area contributed by atoms with Gasteiger partial charge in [0.15, 0.2) is 0 Å². The van der Waals surface area contributed by atoms with Crippen LogP contribution in [0.5, 0.6) is 0 Å². The van der Waals surface area contributed by atoms with Crippen molar-refractivity contribution in [3.63, 3.8) is 0 Å². The van der Waals surface area contributed by atoms with Crippen molar-refractivity contribution in [3.05, 3.63) is 53.9 Å². The van der Waals surface area contributed by atoms with Gasteiger partial charge in [-0.2, -0.15) is 0 Å². The Hall–Kier alpha value is -1.83. The molecule has 0 atom stereocenters. The first-order chi connectivity index (χ1) is 7.24. The van der Waals surface area contributed by atoms with Gasteiger partial charge in [0.05, 0.1) is 5.69 Å². The van der Waals surface area contributed by atoms with E-state index in [0.29, 0.717) is 0 Å². The van der Waals surface area contributed by atoms with Gasteiger partial charge in [-0.15, -0.1) is 0 Å². The molecule has 0 amide bonds. The van der Waals surface area contributed by atoms with Crippen LogP contribution in [0.3, 0.4) is 0 Å². The molecular formula is C13H14N2. The molecule has 0 bridgehead atoms. The monoisotopic (exact) mass is 198 g/mol. The quantitative estimate of drug-likeness (QED) is 0.660. The van der Waals surface area contributed by atoms with E-state index in [4.69, 9.17) is 0 Å². The number of nitrogens with zero attached hydrogens (tertiary/aromatic N) is 2. The van der Waals surface area contributed by atoms with E-state index in [1.165, 1.54) is 5.56 Å². The average Bonchev–Trinajstić information content (AvgIpc) is 2.64. The van der Waals surface area contributed by atoms with Crippen molar-refractivity contribution in [1.29, 1.82) is 0 Å². The Labute approximate surface area is 89.9 Å². The van der Waals surface area contributed by atoms with Crippen LogP contribution in [-0.4, -0.2) is 10.8 Å². The van der Waals surface area contributed by atoms with Gasteiger partial charge in [0.25, 0.3) is 0 Å². The summed E-state index contributed by atoms with van der Waals surface area (Å²) in [5, 5.41) is 0. The van der Waals surface area contributed by atoms with E-state index < -0.39 is 0 Å². The number of rotatable bonds is 2. The molecule has 0 unspecified atom stereocenters. The molecule has 2 nitrogen and oxygen atoms in total. The molecule has 2 rings (SSSR count). The van der Waals surface area contributed by atoms with Crippen molar-refractivity contribution in [2.45, 2.75) is 6.92 Å². The SMILES string of the molecule is Cc1ccc(C=Nc2ccn(C)c2)cc1. The van der Waals surface area contributed by atoms with E-state index in [2.05, 4.69) is 36.2 Å². The minimum absolute atomic E-state index is 0.984. The summed E-state index contributed by atoms with van der Waals surface area (Å²) >= 11 is 0. The maximum atomic E-state index is 4.38. The third-order valence-corrected chi connectivity index (χ3v) is 2.26. The van der Waals surface area contributed by atoms with Crippen LogP contribution < -0.4 is 0 Å². The summed E-state index contributed by atoms with van der Waals surface area (Å²) in [6, 6.07) is 10.3. The van der Waals surface area contributed by atoms with Gasteiger partial charge in [-0.25, -0.2) is 0 Å². The number of benzene rings is 1. The zero-order valence-corrected chi connectivity index (χ0v) is 9.01. The molecule has 0 aliphatic heterocycles. The Balaban J connectivity index is 2.14. The van der Waals surface area contributed by atoms with E-state index in [1.807, 2.05) is 36.3 Å². The zero-order chi connectivity index (χ0) is 10.7. The maximum Gasteiger partial charge on any atom is 0.0806 e. The molecule has 0 saturated heterocycles. The normalized spacial score (nSPS) is 11.1. The first-order valence-electron chi connectivity index (χ1n) is 4.97. The number of aryl methyl sites for hydroxylation is 2. The fourth-order valence-corrected chi connectivity index (χ4v) is 1.37. The van der Waals surface area contributed by atoms with Gasteiger partial charge in [-0.3, -0.25) is 4.99 Å². The van der Waals surface area contributed by atoms with Crippen LogP contribution in [0.15, 0.2) is 47.7 Å². The van der Waals surface area contributed by atoms with Crippen molar-refractivity contribution in [2.24, 2.45) is 12.0 Å². The fourth-order valence-electron chi connectivity index (χ4n) is 1.37. The van der Waals surface area contributed by atoms with Crippen LogP contribution in [0.1, 0.15) is 11.1 Å². The second kappa shape index (κ2) is 4.13. The molecule has 76 valence electrons. The minimum atomic E-state index is 0.984. The maximum absolute atomic E-state index is 4.38. The van der Waals surface area contributed by atoms with Crippen LogP contribution in [-0.2, 0) is 7.05 Å². The highest BCUT2D eigenvalue weighted by Gasteiger charge is 1.90. The summed E-state index contributed by atoms with van der Waals surface area (Å²) in [6.45, 7) is 2.08. The van der Waals surface area contributed by atoms with E-state index in [1.54, 1.807) is 0 Å².